The topological polar surface area (TPSA) is 59.5 Å². The van der Waals surface area contributed by atoms with Gasteiger partial charge in [0, 0.05) is 19.3 Å². The standard InChI is InChI=1S/C15H17N5/c1-11-7-14-17-10-18-20(14)15(8-11)19(2)9-12-5-3-4-6-13(12)16/h3-8,10H,9,16H2,1-2H3. The minimum atomic E-state index is 0.727. The van der Waals surface area contributed by atoms with Crippen molar-refractivity contribution in [3.05, 3.63) is 53.9 Å². The van der Waals surface area contributed by atoms with E-state index in [4.69, 9.17) is 5.73 Å². The number of rotatable bonds is 3. The van der Waals surface area contributed by atoms with Gasteiger partial charge in [-0.2, -0.15) is 9.61 Å². The van der Waals surface area contributed by atoms with Gasteiger partial charge in [-0.05, 0) is 36.2 Å². The van der Waals surface area contributed by atoms with Gasteiger partial charge in [0.25, 0.3) is 0 Å². The summed E-state index contributed by atoms with van der Waals surface area (Å²) < 4.78 is 1.84. The van der Waals surface area contributed by atoms with Gasteiger partial charge in [-0.15, -0.1) is 0 Å². The molecule has 0 atom stereocenters. The van der Waals surface area contributed by atoms with Crippen molar-refractivity contribution >= 4 is 17.2 Å². The van der Waals surface area contributed by atoms with Gasteiger partial charge < -0.3 is 10.6 Å². The second-order valence-electron chi connectivity index (χ2n) is 4.98. The van der Waals surface area contributed by atoms with E-state index < -0.39 is 0 Å². The normalized spacial score (nSPS) is 10.9. The molecular formula is C15H17N5. The summed E-state index contributed by atoms with van der Waals surface area (Å²) in [7, 11) is 2.03. The molecule has 5 nitrogen and oxygen atoms in total. The van der Waals surface area contributed by atoms with E-state index >= 15 is 0 Å². The van der Waals surface area contributed by atoms with Gasteiger partial charge in [0.1, 0.15) is 12.1 Å². The van der Waals surface area contributed by atoms with Gasteiger partial charge in [0.05, 0.1) is 0 Å². The number of nitrogen functional groups attached to an aromatic ring is 1. The van der Waals surface area contributed by atoms with Crippen molar-refractivity contribution in [2.45, 2.75) is 13.5 Å². The summed E-state index contributed by atoms with van der Waals surface area (Å²) in [4.78, 5) is 6.37. The molecule has 0 amide bonds. The molecule has 2 N–H and O–H groups in total. The molecular weight excluding hydrogens is 250 g/mol. The SMILES string of the molecule is Cc1cc(N(C)Cc2ccccc2N)n2ncnc2c1. The van der Waals surface area contributed by atoms with Crippen LogP contribution in [0.5, 0.6) is 0 Å². The average Bonchev–Trinajstić information content (AvgIpc) is 2.88. The molecule has 0 aliphatic rings. The first kappa shape index (κ1) is 12.5. The molecule has 0 saturated carbocycles. The van der Waals surface area contributed by atoms with Crippen LogP contribution < -0.4 is 10.6 Å². The fourth-order valence-corrected chi connectivity index (χ4v) is 2.32. The lowest BCUT2D eigenvalue weighted by Gasteiger charge is -2.21. The van der Waals surface area contributed by atoms with E-state index in [0.29, 0.717) is 0 Å². The number of aryl methyl sites for hydroxylation is 1. The van der Waals surface area contributed by atoms with Crippen LogP contribution in [0, 0.1) is 6.92 Å². The third-order valence-electron chi connectivity index (χ3n) is 3.36. The number of para-hydroxylation sites is 1. The molecule has 3 rings (SSSR count). The minimum absolute atomic E-state index is 0.727. The van der Waals surface area contributed by atoms with Crippen LogP contribution in [0.2, 0.25) is 0 Å². The zero-order valence-electron chi connectivity index (χ0n) is 11.6. The molecule has 2 heterocycles. The highest BCUT2D eigenvalue weighted by molar-refractivity contribution is 5.54. The summed E-state index contributed by atoms with van der Waals surface area (Å²) in [6.07, 6.45) is 1.57. The quantitative estimate of drug-likeness (QED) is 0.739. The van der Waals surface area contributed by atoms with E-state index in [1.807, 2.05) is 41.9 Å². The lowest BCUT2D eigenvalue weighted by Crippen LogP contribution is -2.20. The van der Waals surface area contributed by atoms with Crippen molar-refractivity contribution < 1.29 is 0 Å². The molecule has 0 saturated heterocycles. The van der Waals surface area contributed by atoms with Gasteiger partial charge in [-0.25, -0.2) is 4.98 Å². The van der Waals surface area contributed by atoms with Crippen LogP contribution in [-0.4, -0.2) is 21.6 Å². The van der Waals surface area contributed by atoms with Crippen LogP contribution in [0.1, 0.15) is 11.1 Å². The average molecular weight is 267 g/mol. The van der Waals surface area contributed by atoms with Crippen molar-refractivity contribution in [3.63, 3.8) is 0 Å². The van der Waals surface area contributed by atoms with Crippen molar-refractivity contribution in [1.82, 2.24) is 14.6 Å². The maximum atomic E-state index is 6.01. The number of anilines is 2. The van der Waals surface area contributed by atoms with E-state index in [9.17, 15) is 0 Å². The molecule has 0 spiro atoms. The third kappa shape index (κ3) is 2.18. The Bertz CT molecular complexity index is 747. The highest BCUT2D eigenvalue weighted by Gasteiger charge is 2.10. The number of aromatic nitrogens is 3. The van der Waals surface area contributed by atoms with Crippen molar-refractivity contribution in [1.29, 1.82) is 0 Å². The number of pyridine rings is 1. The zero-order valence-corrected chi connectivity index (χ0v) is 11.6. The molecule has 102 valence electrons. The number of nitrogens with zero attached hydrogens (tertiary/aromatic N) is 4. The van der Waals surface area contributed by atoms with E-state index in [0.717, 1.165) is 34.8 Å². The fraction of sp³-hybridized carbons (Fsp3) is 0.200. The summed E-state index contributed by atoms with van der Waals surface area (Å²) in [6, 6.07) is 12.0. The van der Waals surface area contributed by atoms with Crippen molar-refractivity contribution in [3.8, 4) is 0 Å². The Hall–Kier alpha value is -2.56. The molecule has 20 heavy (non-hydrogen) atoms. The summed E-state index contributed by atoms with van der Waals surface area (Å²) in [5.74, 6) is 1.00. The summed E-state index contributed by atoms with van der Waals surface area (Å²) >= 11 is 0. The highest BCUT2D eigenvalue weighted by atomic mass is 15.4. The first-order chi connectivity index (χ1) is 9.65. The maximum absolute atomic E-state index is 6.01. The Morgan fingerprint density at radius 3 is 2.85 bits per heavy atom. The van der Waals surface area contributed by atoms with Crippen molar-refractivity contribution in [2.24, 2.45) is 0 Å². The Morgan fingerprint density at radius 1 is 1.25 bits per heavy atom. The number of nitrogens with two attached hydrogens (primary N) is 1. The highest BCUT2D eigenvalue weighted by Crippen LogP contribution is 2.20. The van der Waals surface area contributed by atoms with E-state index in [-0.39, 0.29) is 0 Å². The first-order valence-electron chi connectivity index (χ1n) is 6.50. The molecule has 0 aliphatic heterocycles. The molecule has 0 fully saturated rings. The molecule has 1 aromatic carbocycles. The molecule has 2 aromatic heterocycles. The zero-order chi connectivity index (χ0) is 14.1. The predicted octanol–water partition coefficient (Wildman–Crippen LogP) is 2.26. The molecule has 0 aliphatic carbocycles. The maximum Gasteiger partial charge on any atom is 0.157 e. The van der Waals surface area contributed by atoms with Crippen LogP contribution in [-0.2, 0) is 6.54 Å². The van der Waals surface area contributed by atoms with Crippen LogP contribution in [0.3, 0.4) is 0 Å². The van der Waals surface area contributed by atoms with Gasteiger partial charge in [-0.3, -0.25) is 0 Å². The molecule has 0 radical (unpaired) electrons. The minimum Gasteiger partial charge on any atom is -0.398 e. The van der Waals surface area contributed by atoms with Gasteiger partial charge in [0.15, 0.2) is 5.65 Å². The lowest BCUT2D eigenvalue weighted by atomic mass is 10.1. The number of hydrogen-bond acceptors (Lipinski definition) is 4. The van der Waals surface area contributed by atoms with Gasteiger partial charge >= 0.3 is 0 Å². The second kappa shape index (κ2) is 4.85. The van der Waals surface area contributed by atoms with Crippen LogP contribution in [0.25, 0.3) is 5.65 Å². The second-order valence-corrected chi connectivity index (χ2v) is 4.98. The summed E-state index contributed by atoms with van der Waals surface area (Å²) in [6.45, 7) is 2.79. The van der Waals surface area contributed by atoms with Gasteiger partial charge in [0.2, 0.25) is 0 Å². The number of benzene rings is 1. The molecule has 0 unspecified atom stereocenters. The van der Waals surface area contributed by atoms with E-state index in [1.54, 1.807) is 6.33 Å². The Kier molecular flexibility index (Phi) is 3.02. The number of fused-ring (bicyclic) bond motifs is 1. The largest absolute Gasteiger partial charge is 0.398 e. The van der Waals surface area contributed by atoms with Crippen LogP contribution >= 0.6 is 0 Å². The third-order valence-corrected chi connectivity index (χ3v) is 3.36. The Labute approximate surface area is 117 Å². The Balaban J connectivity index is 1.98. The van der Waals surface area contributed by atoms with Crippen LogP contribution in [0.4, 0.5) is 11.5 Å². The van der Waals surface area contributed by atoms with E-state index in [1.165, 1.54) is 0 Å². The molecule has 5 heteroatoms. The summed E-state index contributed by atoms with van der Waals surface area (Å²) in [5.41, 5.74) is 9.93. The Morgan fingerprint density at radius 2 is 2.05 bits per heavy atom. The van der Waals surface area contributed by atoms with Crippen LogP contribution in [0.15, 0.2) is 42.7 Å². The summed E-state index contributed by atoms with van der Waals surface area (Å²) in [5, 5.41) is 4.28. The molecule has 0 bridgehead atoms. The van der Waals surface area contributed by atoms with Crippen molar-refractivity contribution in [2.75, 3.05) is 17.7 Å². The number of hydrogen-bond donors (Lipinski definition) is 1. The first-order valence-corrected chi connectivity index (χ1v) is 6.50. The fourth-order valence-electron chi connectivity index (χ4n) is 2.32. The van der Waals surface area contributed by atoms with Gasteiger partial charge in [-0.1, -0.05) is 18.2 Å². The predicted molar refractivity (Wildman–Crippen MR) is 80.7 cm³/mol. The lowest BCUT2D eigenvalue weighted by molar-refractivity contribution is 0.840. The smallest absolute Gasteiger partial charge is 0.157 e. The van der Waals surface area contributed by atoms with E-state index in [2.05, 4.69) is 28.0 Å². The monoisotopic (exact) mass is 267 g/mol. The molecule has 3 aromatic rings.